The van der Waals surface area contributed by atoms with E-state index in [0.29, 0.717) is 6.54 Å². The Balaban J connectivity index is 2.29. The van der Waals surface area contributed by atoms with Crippen LogP contribution in [0.3, 0.4) is 0 Å². The van der Waals surface area contributed by atoms with Gasteiger partial charge in [-0.3, -0.25) is 0 Å². The van der Waals surface area contributed by atoms with Gasteiger partial charge in [0, 0.05) is 16.9 Å². The van der Waals surface area contributed by atoms with Crippen molar-refractivity contribution in [2.24, 2.45) is 5.73 Å². The molecular weight excluding hydrogens is 270 g/mol. The minimum Gasteiger partial charge on any atom is -0.497 e. The molecule has 1 aromatic heterocycles. The molecule has 0 aliphatic rings. The molecule has 2 rings (SSSR count). The number of rotatable bonds is 6. The van der Waals surface area contributed by atoms with Crippen molar-refractivity contribution in [3.8, 4) is 11.5 Å². The van der Waals surface area contributed by atoms with Gasteiger partial charge in [-0.15, -0.1) is 11.3 Å². The summed E-state index contributed by atoms with van der Waals surface area (Å²) in [7, 11) is 3.34. The van der Waals surface area contributed by atoms with Crippen molar-refractivity contribution in [2.75, 3.05) is 20.8 Å². The lowest BCUT2D eigenvalue weighted by atomic mass is 9.93. The predicted molar refractivity (Wildman–Crippen MR) is 84.1 cm³/mol. The van der Waals surface area contributed by atoms with Crippen LogP contribution in [0.15, 0.2) is 29.6 Å². The molecule has 0 aliphatic heterocycles. The molecule has 0 saturated carbocycles. The third-order valence-corrected chi connectivity index (χ3v) is 4.61. The molecule has 1 aromatic carbocycles. The fourth-order valence-electron chi connectivity index (χ4n) is 2.31. The van der Waals surface area contributed by atoms with Crippen LogP contribution in [0, 0.1) is 6.92 Å². The fourth-order valence-corrected chi connectivity index (χ4v) is 3.30. The highest BCUT2D eigenvalue weighted by atomic mass is 32.1. The van der Waals surface area contributed by atoms with Crippen molar-refractivity contribution in [3.63, 3.8) is 0 Å². The zero-order valence-electron chi connectivity index (χ0n) is 12.2. The minimum absolute atomic E-state index is 0.258. The lowest BCUT2D eigenvalue weighted by Gasteiger charge is -2.19. The van der Waals surface area contributed by atoms with Crippen LogP contribution < -0.4 is 15.2 Å². The van der Waals surface area contributed by atoms with E-state index in [9.17, 15) is 0 Å². The number of hydrogen-bond acceptors (Lipinski definition) is 4. The second-order valence-electron chi connectivity index (χ2n) is 4.77. The Kier molecular flexibility index (Phi) is 5.04. The predicted octanol–water partition coefficient (Wildman–Crippen LogP) is 3.36. The Hall–Kier alpha value is -1.52. The molecule has 2 N–H and O–H groups in total. The standard InChI is InChI=1S/C16H21NO2S/c1-11-6-7-20-16(11)8-12(10-17)14-5-4-13(18-2)9-15(14)19-3/h4-7,9,12H,8,10,17H2,1-3H3. The molecule has 0 fully saturated rings. The minimum atomic E-state index is 0.258. The Labute approximate surface area is 124 Å². The average molecular weight is 291 g/mol. The van der Waals surface area contributed by atoms with Gasteiger partial charge in [-0.1, -0.05) is 6.07 Å². The number of aryl methyl sites for hydroxylation is 1. The van der Waals surface area contributed by atoms with E-state index in [1.165, 1.54) is 10.4 Å². The molecule has 1 unspecified atom stereocenters. The SMILES string of the molecule is COc1ccc(C(CN)Cc2sccc2C)c(OC)c1. The number of hydrogen-bond donors (Lipinski definition) is 1. The van der Waals surface area contributed by atoms with Crippen LogP contribution in [0.1, 0.15) is 21.9 Å². The summed E-state index contributed by atoms with van der Waals surface area (Å²) in [6, 6.07) is 8.08. The Morgan fingerprint density at radius 1 is 1.20 bits per heavy atom. The first-order valence-electron chi connectivity index (χ1n) is 6.64. The molecule has 3 nitrogen and oxygen atoms in total. The maximum atomic E-state index is 5.98. The van der Waals surface area contributed by atoms with Gasteiger partial charge in [0.15, 0.2) is 0 Å². The van der Waals surface area contributed by atoms with Gasteiger partial charge >= 0.3 is 0 Å². The zero-order chi connectivity index (χ0) is 14.5. The van der Waals surface area contributed by atoms with Crippen molar-refractivity contribution in [2.45, 2.75) is 19.3 Å². The summed E-state index contributed by atoms with van der Waals surface area (Å²) in [6.07, 6.45) is 0.947. The summed E-state index contributed by atoms with van der Waals surface area (Å²) in [5.41, 5.74) is 8.46. The van der Waals surface area contributed by atoms with E-state index in [1.807, 2.05) is 12.1 Å². The molecule has 1 heterocycles. The van der Waals surface area contributed by atoms with E-state index in [-0.39, 0.29) is 5.92 Å². The third kappa shape index (κ3) is 3.14. The lowest BCUT2D eigenvalue weighted by molar-refractivity contribution is 0.388. The summed E-state index contributed by atoms with van der Waals surface area (Å²) < 4.78 is 10.7. The van der Waals surface area contributed by atoms with Crippen molar-refractivity contribution in [1.82, 2.24) is 0 Å². The van der Waals surface area contributed by atoms with Crippen LogP contribution in [-0.4, -0.2) is 20.8 Å². The van der Waals surface area contributed by atoms with Crippen LogP contribution in [0.25, 0.3) is 0 Å². The van der Waals surface area contributed by atoms with Gasteiger partial charge in [0.2, 0.25) is 0 Å². The summed E-state index contributed by atoms with van der Waals surface area (Å²) in [5, 5.41) is 2.13. The van der Waals surface area contributed by atoms with Gasteiger partial charge in [0.25, 0.3) is 0 Å². The normalized spacial score (nSPS) is 12.2. The van der Waals surface area contributed by atoms with Gasteiger partial charge in [0.05, 0.1) is 14.2 Å². The average Bonchev–Trinajstić information content (AvgIpc) is 2.89. The van der Waals surface area contributed by atoms with E-state index in [0.717, 1.165) is 23.5 Å². The van der Waals surface area contributed by atoms with E-state index < -0.39 is 0 Å². The first-order valence-corrected chi connectivity index (χ1v) is 7.52. The first kappa shape index (κ1) is 14.9. The van der Waals surface area contributed by atoms with Gasteiger partial charge in [-0.2, -0.15) is 0 Å². The third-order valence-electron chi connectivity index (χ3n) is 3.56. The molecule has 0 aliphatic carbocycles. The highest BCUT2D eigenvalue weighted by Crippen LogP contribution is 2.33. The van der Waals surface area contributed by atoms with Crippen molar-refractivity contribution in [3.05, 3.63) is 45.6 Å². The quantitative estimate of drug-likeness (QED) is 0.887. The number of ether oxygens (including phenoxy) is 2. The second kappa shape index (κ2) is 6.77. The molecule has 108 valence electrons. The number of nitrogens with two attached hydrogens (primary N) is 1. The van der Waals surface area contributed by atoms with Crippen molar-refractivity contribution >= 4 is 11.3 Å². The molecular formula is C16H21NO2S. The van der Waals surface area contributed by atoms with E-state index in [2.05, 4.69) is 24.4 Å². The van der Waals surface area contributed by atoms with Crippen LogP contribution in [0.5, 0.6) is 11.5 Å². The van der Waals surface area contributed by atoms with E-state index in [4.69, 9.17) is 15.2 Å². The highest BCUT2D eigenvalue weighted by molar-refractivity contribution is 7.10. The van der Waals surface area contributed by atoms with Crippen LogP contribution in [-0.2, 0) is 6.42 Å². The smallest absolute Gasteiger partial charge is 0.126 e. The van der Waals surface area contributed by atoms with E-state index in [1.54, 1.807) is 25.6 Å². The van der Waals surface area contributed by atoms with Gasteiger partial charge in [0.1, 0.15) is 11.5 Å². The number of thiophene rings is 1. The second-order valence-corrected chi connectivity index (χ2v) is 5.77. The summed E-state index contributed by atoms with van der Waals surface area (Å²) >= 11 is 1.79. The van der Waals surface area contributed by atoms with E-state index >= 15 is 0 Å². The van der Waals surface area contributed by atoms with Crippen LogP contribution in [0.4, 0.5) is 0 Å². The monoisotopic (exact) mass is 291 g/mol. The Morgan fingerprint density at radius 3 is 2.55 bits per heavy atom. The van der Waals surface area contributed by atoms with Crippen LogP contribution >= 0.6 is 11.3 Å². The fraction of sp³-hybridized carbons (Fsp3) is 0.375. The lowest BCUT2D eigenvalue weighted by Crippen LogP contribution is -2.16. The molecule has 0 bridgehead atoms. The number of benzene rings is 1. The van der Waals surface area contributed by atoms with Crippen molar-refractivity contribution < 1.29 is 9.47 Å². The van der Waals surface area contributed by atoms with Gasteiger partial charge < -0.3 is 15.2 Å². The molecule has 0 saturated heterocycles. The molecule has 0 spiro atoms. The maximum Gasteiger partial charge on any atom is 0.126 e. The summed E-state index contributed by atoms with van der Waals surface area (Å²) in [6.45, 7) is 2.74. The Morgan fingerprint density at radius 2 is 2.00 bits per heavy atom. The first-order chi connectivity index (χ1) is 9.69. The molecule has 0 amide bonds. The van der Waals surface area contributed by atoms with Crippen molar-refractivity contribution in [1.29, 1.82) is 0 Å². The molecule has 1 atom stereocenters. The van der Waals surface area contributed by atoms with Gasteiger partial charge in [-0.05, 0) is 48.5 Å². The molecule has 20 heavy (non-hydrogen) atoms. The molecule has 2 aromatic rings. The molecule has 0 radical (unpaired) electrons. The number of methoxy groups -OCH3 is 2. The maximum absolute atomic E-state index is 5.98. The van der Waals surface area contributed by atoms with Crippen LogP contribution in [0.2, 0.25) is 0 Å². The Bertz CT molecular complexity index is 565. The zero-order valence-corrected chi connectivity index (χ0v) is 13.0. The summed E-state index contributed by atoms with van der Waals surface area (Å²) in [5.74, 6) is 1.90. The highest BCUT2D eigenvalue weighted by Gasteiger charge is 2.17. The van der Waals surface area contributed by atoms with Gasteiger partial charge in [-0.25, -0.2) is 0 Å². The molecule has 4 heteroatoms. The summed E-state index contributed by atoms with van der Waals surface area (Å²) in [4.78, 5) is 1.39. The largest absolute Gasteiger partial charge is 0.497 e. The topological polar surface area (TPSA) is 44.5 Å².